The topological polar surface area (TPSA) is 95.1 Å². The number of carbonyl (C=O) groups is 2. The largest absolute Gasteiger partial charge is 0.488 e. The second-order valence-corrected chi connectivity index (χ2v) is 11.2. The summed E-state index contributed by atoms with van der Waals surface area (Å²) in [4.78, 5) is 25.2. The Bertz CT molecular complexity index is 1660. The Morgan fingerprint density at radius 2 is 0.957 bits per heavy atom. The van der Waals surface area contributed by atoms with Gasteiger partial charge in [0.25, 0.3) is 0 Å². The first-order valence-corrected chi connectivity index (χ1v) is 15.6. The molecule has 0 spiro atoms. The van der Waals surface area contributed by atoms with Gasteiger partial charge in [-0.2, -0.15) is 0 Å². The first-order valence-electron chi connectivity index (χ1n) is 15.6. The Kier molecular flexibility index (Phi) is 10.6. The van der Waals surface area contributed by atoms with Crippen molar-refractivity contribution >= 4 is 45.1 Å². The fraction of sp³-hybridized carbons (Fsp3) is 0.263. The van der Waals surface area contributed by atoms with Crippen molar-refractivity contribution < 1.29 is 28.5 Å². The molecule has 0 saturated carbocycles. The molecular formula is C38H40N2O6. The normalized spacial score (nSPS) is 12.3. The molecule has 0 aliphatic rings. The predicted octanol–water partition coefficient (Wildman–Crippen LogP) is 9.42. The van der Waals surface area contributed by atoms with Crippen LogP contribution in [0.1, 0.15) is 37.8 Å². The number of hydrogen-bond acceptors (Lipinski definition) is 6. The van der Waals surface area contributed by atoms with Gasteiger partial charge in [-0.25, -0.2) is 9.59 Å². The summed E-state index contributed by atoms with van der Waals surface area (Å²) in [7, 11) is 0. The van der Waals surface area contributed by atoms with E-state index in [9.17, 15) is 9.59 Å². The van der Waals surface area contributed by atoms with Gasteiger partial charge < -0.3 is 18.9 Å². The highest BCUT2D eigenvalue weighted by Crippen LogP contribution is 2.43. The standard InChI is InChI=1S/C38H40N2O6/c1-5-29(45-37(41)39-27-13-9-7-10-14-27)23-43-35-31-19-17-26(4)22-34(31)36(32-20-18-25(3)21-33(32)35)44-24-30(6-2)46-38(42)40-28-15-11-8-12-16-28/h7-22,29-30H,5-6,23-24H2,1-4H3,(H,39,41)(H,40,42). The summed E-state index contributed by atoms with van der Waals surface area (Å²) in [5, 5.41) is 9.04. The van der Waals surface area contributed by atoms with E-state index in [0.29, 0.717) is 35.7 Å². The number of para-hydroxylation sites is 2. The maximum atomic E-state index is 12.6. The number of carbonyl (C=O) groups excluding carboxylic acids is 2. The van der Waals surface area contributed by atoms with E-state index in [4.69, 9.17) is 18.9 Å². The number of nitrogens with one attached hydrogen (secondary N) is 2. The van der Waals surface area contributed by atoms with Crippen molar-refractivity contribution in [3.63, 3.8) is 0 Å². The number of benzene rings is 5. The Morgan fingerprint density at radius 3 is 1.33 bits per heavy atom. The molecule has 0 fully saturated rings. The minimum absolute atomic E-state index is 0.174. The molecule has 5 aromatic carbocycles. The van der Waals surface area contributed by atoms with Crippen molar-refractivity contribution in [3.05, 3.63) is 108 Å². The van der Waals surface area contributed by atoms with Crippen LogP contribution in [0.15, 0.2) is 97.1 Å². The fourth-order valence-corrected chi connectivity index (χ4v) is 5.15. The van der Waals surface area contributed by atoms with Crippen LogP contribution in [0.3, 0.4) is 0 Å². The van der Waals surface area contributed by atoms with E-state index in [1.165, 1.54) is 0 Å². The summed E-state index contributed by atoms with van der Waals surface area (Å²) in [5.74, 6) is 1.38. The molecule has 0 radical (unpaired) electrons. The first-order chi connectivity index (χ1) is 22.3. The fourth-order valence-electron chi connectivity index (χ4n) is 5.15. The Hall–Kier alpha value is -5.24. The van der Waals surface area contributed by atoms with Crippen LogP contribution >= 0.6 is 0 Å². The van der Waals surface area contributed by atoms with Gasteiger partial charge in [0.15, 0.2) is 0 Å². The molecule has 2 unspecified atom stereocenters. The molecule has 0 saturated heterocycles. The lowest BCUT2D eigenvalue weighted by molar-refractivity contribution is 0.0724. The van der Waals surface area contributed by atoms with Crippen molar-refractivity contribution in [1.29, 1.82) is 0 Å². The number of fused-ring (bicyclic) bond motifs is 2. The molecule has 2 amide bonds. The molecule has 5 aromatic rings. The van der Waals surface area contributed by atoms with Gasteiger partial charge in [0, 0.05) is 32.9 Å². The second-order valence-electron chi connectivity index (χ2n) is 11.2. The minimum atomic E-state index is -0.531. The summed E-state index contributed by atoms with van der Waals surface area (Å²) >= 11 is 0. The predicted molar refractivity (Wildman–Crippen MR) is 183 cm³/mol. The van der Waals surface area contributed by atoms with Gasteiger partial charge in [0.1, 0.15) is 36.9 Å². The molecule has 0 aliphatic heterocycles. The summed E-state index contributed by atoms with van der Waals surface area (Å²) < 4.78 is 24.4. The van der Waals surface area contributed by atoms with Crippen LogP contribution in [0.5, 0.6) is 11.5 Å². The quantitative estimate of drug-likeness (QED) is 0.135. The molecule has 8 nitrogen and oxygen atoms in total. The third kappa shape index (κ3) is 8.07. The highest BCUT2D eigenvalue weighted by Gasteiger charge is 2.21. The van der Waals surface area contributed by atoms with E-state index >= 15 is 0 Å². The van der Waals surface area contributed by atoms with Crippen LogP contribution < -0.4 is 20.1 Å². The average Bonchev–Trinajstić information content (AvgIpc) is 3.05. The van der Waals surface area contributed by atoms with Crippen molar-refractivity contribution in [2.45, 2.75) is 52.7 Å². The van der Waals surface area contributed by atoms with E-state index in [-0.39, 0.29) is 13.2 Å². The zero-order valence-corrected chi connectivity index (χ0v) is 26.7. The van der Waals surface area contributed by atoms with Crippen molar-refractivity contribution in [1.82, 2.24) is 0 Å². The van der Waals surface area contributed by atoms with E-state index in [0.717, 1.165) is 32.7 Å². The van der Waals surface area contributed by atoms with Crippen LogP contribution in [-0.4, -0.2) is 37.6 Å². The molecule has 0 heterocycles. The minimum Gasteiger partial charge on any atom is -0.488 e. The third-order valence-electron chi connectivity index (χ3n) is 7.65. The van der Waals surface area contributed by atoms with Crippen molar-refractivity contribution in [2.75, 3.05) is 23.8 Å². The molecular weight excluding hydrogens is 580 g/mol. The van der Waals surface area contributed by atoms with Gasteiger partial charge >= 0.3 is 12.2 Å². The molecule has 46 heavy (non-hydrogen) atoms. The molecule has 0 bridgehead atoms. The van der Waals surface area contributed by atoms with Crippen LogP contribution in [0, 0.1) is 13.8 Å². The van der Waals surface area contributed by atoms with E-state index in [1.54, 1.807) is 24.3 Å². The number of ether oxygens (including phenoxy) is 4. The SMILES string of the molecule is CCC(COc1c2ccc(C)cc2c(OCC(CC)OC(=O)Nc2ccccc2)c2ccc(C)cc12)OC(=O)Nc1ccccc1. The summed E-state index contributed by atoms with van der Waals surface area (Å²) in [6.45, 7) is 8.32. The Labute approximate surface area is 269 Å². The van der Waals surface area contributed by atoms with E-state index in [2.05, 4.69) is 22.8 Å². The molecule has 0 aromatic heterocycles. The zero-order valence-electron chi connectivity index (χ0n) is 26.7. The maximum Gasteiger partial charge on any atom is 0.412 e. The van der Waals surface area contributed by atoms with Gasteiger partial charge in [0.05, 0.1) is 0 Å². The van der Waals surface area contributed by atoms with Crippen LogP contribution in [-0.2, 0) is 9.47 Å². The summed E-state index contributed by atoms with van der Waals surface area (Å²) in [5.41, 5.74) is 3.45. The van der Waals surface area contributed by atoms with E-state index in [1.807, 2.05) is 88.4 Å². The average molecular weight is 621 g/mol. The van der Waals surface area contributed by atoms with Crippen LogP contribution in [0.4, 0.5) is 21.0 Å². The highest BCUT2D eigenvalue weighted by molar-refractivity contribution is 6.11. The van der Waals surface area contributed by atoms with Gasteiger partial charge in [0.2, 0.25) is 0 Å². The Balaban J connectivity index is 1.39. The monoisotopic (exact) mass is 620 g/mol. The van der Waals surface area contributed by atoms with E-state index < -0.39 is 24.4 Å². The smallest absolute Gasteiger partial charge is 0.412 e. The zero-order chi connectivity index (χ0) is 32.5. The van der Waals surface area contributed by atoms with Crippen LogP contribution in [0.2, 0.25) is 0 Å². The second kappa shape index (κ2) is 15.2. The first kappa shape index (κ1) is 32.2. The van der Waals surface area contributed by atoms with Crippen molar-refractivity contribution in [2.24, 2.45) is 0 Å². The summed E-state index contributed by atoms with van der Waals surface area (Å²) in [6, 6.07) is 30.7. The molecule has 8 heteroatoms. The number of hydrogen-bond donors (Lipinski definition) is 2. The molecule has 0 aliphatic carbocycles. The van der Waals surface area contributed by atoms with Gasteiger partial charge in [-0.3, -0.25) is 10.6 Å². The third-order valence-corrected chi connectivity index (χ3v) is 7.65. The number of anilines is 2. The molecule has 2 atom stereocenters. The lowest BCUT2D eigenvalue weighted by Gasteiger charge is -2.23. The number of rotatable bonds is 12. The van der Waals surface area contributed by atoms with Crippen LogP contribution in [0.25, 0.3) is 21.5 Å². The molecule has 238 valence electrons. The maximum absolute atomic E-state index is 12.6. The number of aryl methyl sites for hydroxylation is 2. The lowest BCUT2D eigenvalue weighted by Crippen LogP contribution is -2.27. The van der Waals surface area contributed by atoms with Crippen molar-refractivity contribution in [3.8, 4) is 11.5 Å². The summed E-state index contributed by atoms with van der Waals surface area (Å²) in [6.07, 6.45) is -0.844. The van der Waals surface area contributed by atoms with Gasteiger partial charge in [-0.05, 0) is 63.1 Å². The number of amides is 2. The Morgan fingerprint density at radius 1 is 0.565 bits per heavy atom. The lowest BCUT2D eigenvalue weighted by atomic mass is 9.97. The molecule has 5 rings (SSSR count). The highest BCUT2D eigenvalue weighted by atomic mass is 16.6. The van der Waals surface area contributed by atoms with Gasteiger partial charge in [-0.15, -0.1) is 0 Å². The van der Waals surface area contributed by atoms with Gasteiger partial charge in [-0.1, -0.05) is 85.6 Å². The molecule has 2 N–H and O–H groups in total.